The Labute approximate surface area is 176 Å². The molecule has 1 atom stereocenters. The molecule has 2 fully saturated rings. The van der Waals surface area contributed by atoms with Crippen LogP contribution in [-0.4, -0.2) is 51.2 Å². The van der Waals surface area contributed by atoms with Gasteiger partial charge in [-0.1, -0.05) is 12.1 Å². The highest BCUT2D eigenvalue weighted by Gasteiger charge is 2.55. The van der Waals surface area contributed by atoms with Gasteiger partial charge in [-0.3, -0.25) is 19.7 Å². The van der Waals surface area contributed by atoms with Crippen molar-refractivity contribution in [1.29, 1.82) is 0 Å². The molecule has 7 heteroatoms. The van der Waals surface area contributed by atoms with Crippen LogP contribution in [-0.2, 0) is 17.9 Å². The molecule has 2 saturated heterocycles. The van der Waals surface area contributed by atoms with Crippen LogP contribution in [0.3, 0.4) is 0 Å². The minimum absolute atomic E-state index is 0.168. The van der Waals surface area contributed by atoms with Crippen LogP contribution in [0, 0.1) is 19.3 Å². The van der Waals surface area contributed by atoms with E-state index in [0.717, 1.165) is 29.2 Å². The number of rotatable bonds is 4. The molecular formula is C23H28F2N4O. The number of aromatic nitrogens is 2. The lowest BCUT2D eigenvalue weighted by Gasteiger charge is -2.49. The van der Waals surface area contributed by atoms with Crippen LogP contribution in [0.25, 0.3) is 0 Å². The highest BCUT2D eigenvalue weighted by Crippen LogP contribution is 2.45. The third kappa shape index (κ3) is 4.51. The number of likely N-dealkylation sites (tertiary alicyclic amines) is 2. The van der Waals surface area contributed by atoms with Crippen molar-refractivity contribution in [1.82, 2.24) is 19.8 Å². The number of nitrogens with zero attached hydrogens (tertiary/aromatic N) is 4. The quantitative estimate of drug-likeness (QED) is 0.765. The summed E-state index contributed by atoms with van der Waals surface area (Å²) in [6.07, 6.45) is 0.843. The summed E-state index contributed by atoms with van der Waals surface area (Å²) in [5.41, 5.74) is 2.24. The van der Waals surface area contributed by atoms with E-state index in [4.69, 9.17) is 0 Å². The van der Waals surface area contributed by atoms with E-state index < -0.39 is 11.3 Å². The Balaban J connectivity index is 1.55. The minimum Gasteiger partial charge on any atom is -0.336 e. The second kappa shape index (κ2) is 8.02. The topological polar surface area (TPSA) is 49.3 Å². The van der Waals surface area contributed by atoms with Gasteiger partial charge in [0.05, 0.1) is 29.9 Å². The van der Waals surface area contributed by atoms with Gasteiger partial charge in [0.2, 0.25) is 5.91 Å². The van der Waals surface area contributed by atoms with Gasteiger partial charge < -0.3 is 4.90 Å². The molecule has 4 rings (SSSR count). The third-order valence-corrected chi connectivity index (χ3v) is 6.03. The first-order valence-corrected chi connectivity index (χ1v) is 10.5. The molecule has 0 N–H and O–H groups in total. The number of halogens is 2. The molecule has 0 aliphatic carbocycles. The standard InChI is InChI=1S/C23H28F2N4O/c1-17-6-3-8-19(26-17)12-28-15-22(14-23(24,25)16-28)10-5-11-29(21(22)30)13-20-9-4-7-18(2)27-20/h3-4,6-9H,5,10-16H2,1-2H3/t22-/m1/s1. The summed E-state index contributed by atoms with van der Waals surface area (Å²) >= 11 is 0. The average Bonchev–Trinajstić information content (AvgIpc) is 2.64. The van der Waals surface area contributed by atoms with Gasteiger partial charge in [-0.05, 0) is 51.0 Å². The van der Waals surface area contributed by atoms with Gasteiger partial charge in [-0.15, -0.1) is 0 Å². The van der Waals surface area contributed by atoms with E-state index in [0.29, 0.717) is 32.6 Å². The fourth-order valence-electron chi connectivity index (χ4n) is 4.94. The zero-order chi connectivity index (χ0) is 21.4. The molecule has 0 radical (unpaired) electrons. The predicted molar refractivity (Wildman–Crippen MR) is 110 cm³/mol. The number of carbonyl (C=O) groups excluding carboxylic acids is 1. The largest absolute Gasteiger partial charge is 0.336 e. The molecule has 4 heterocycles. The van der Waals surface area contributed by atoms with Crippen molar-refractivity contribution in [3.63, 3.8) is 0 Å². The van der Waals surface area contributed by atoms with Crippen LogP contribution in [0.15, 0.2) is 36.4 Å². The molecule has 0 saturated carbocycles. The van der Waals surface area contributed by atoms with E-state index in [-0.39, 0.29) is 18.9 Å². The van der Waals surface area contributed by atoms with E-state index >= 15 is 0 Å². The van der Waals surface area contributed by atoms with Crippen LogP contribution < -0.4 is 0 Å². The molecule has 1 amide bonds. The van der Waals surface area contributed by atoms with Crippen molar-refractivity contribution in [2.24, 2.45) is 5.41 Å². The molecule has 2 aliphatic rings. The molecule has 2 aromatic rings. The van der Waals surface area contributed by atoms with Gasteiger partial charge in [-0.2, -0.15) is 0 Å². The zero-order valence-electron chi connectivity index (χ0n) is 17.6. The van der Waals surface area contributed by atoms with Crippen molar-refractivity contribution in [3.8, 4) is 0 Å². The van der Waals surface area contributed by atoms with E-state index in [1.54, 1.807) is 9.80 Å². The highest BCUT2D eigenvalue weighted by atomic mass is 19.3. The van der Waals surface area contributed by atoms with Crippen LogP contribution >= 0.6 is 0 Å². The molecule has 0 unspecified atom stereocenters. The second-order valence-electron chi connectivity index (χ2n) is 8.83. The number of hydrogen-bond acceptors (Lipinski definition) is 4. The Kier molecular flexibility index (Phi) is 5.57. The average molecular weight is 415 g/mol. The second-order valence-corrected chi connectivity index (χ2v) is 8.83. The van der Waals surface area contributed by atoms with E-state index in [2.05, 4.69) is 9.97 Å². The fourth-order valence-corrected chi connectivity index (χ4v) is 4.94. The van der Waals surface area contributed by atoms with Crippen LogP contribution in [0.2, 0.25) is 0 Å². The number of pyridine rings is 2. The lowest BCUT2D eigenvalue weighted by molar-refractivity contribution is -0.171. The van der Waals surface area contributed by atoms with Crippen molar-refractivity contribution < 1.29 is 13.6 Å². The smallest absolute Gasteiger partial charge is 0.261 e. The summed E-state index contributed by atoms with van der Waals surface area (Å²) in [5, 5.41) is 0. The Hall–Kier alpha value is -2.41. The maximum Gasteiger partial charge on any atom is 0.261 e. The van der Waals surface area contributed by atoms with Gasteiger partial charge in [0.1, 0.15) is 0 Å². The molecule has 0 bridgehead atoms. The first kappa shape index (κ1) is 20.8. The summed E-state index contributed by atoms with van der Waals surface area (Å²) in [6.45, 7) is 5.08. The molecular weight excluding hydrogens is 386 g/mol. The summed E-state index contributed by atoms with van der Waals surface area (Å²) in [7, 11) is 0. The third-order valence-electron chi connectivity index (χ3n) is 6.03. The number of carbonyl (C=O) groups is 1. The predicted octanol–water partition coefficient (Wildman–Crippen LogP) is 3.74. The summed E-state index contributed by atoms with van der Waals surface area (Å²) in [5.74, 6) is -3.07. The number of aryl methyl sites for hydroxylation is 2. The van der Waals surface area contributed by atoms with Crippen LogP contribution in [0.4, 0.5) is 8.78 Å². The number of piperidine rings is 2. The Morgan fingerprint density at radius 2 is 1.60 bits per heavy atom. The molecule has 0 aromatic carbocycles. The SMILES string of the molecule is Cc1cccc(CN2CC(F)(F)C[C@]3(CCCN(Cc4cccc(C)n4)C3=O)C2)n1. The zero-order valence-corrected chi connectivity index (χ0v) is 17.6. The van der Waals surface area contributed by atoms with Gasteiger partial charge in [0, 0.05) is 37.4 Å². The normalized spacial score (nSPS) is 24.4. The van der Waals surface area contributed by atoms with E-state index in [1.165, 1.54) is 0 Å². The highest BCUT2D eigenvalue weighted by molar-refractivity contribution is 5.84. The number of hydrogen-bond donors (Lipinski definition) is 0. The molecule has 2 aliphatic heterocycles. The first-order valence-electron chi connectivity index (χ1n) is 10.5. The van der Waals surface area contributed by atoms with Gasteiger partial charge in [0.15, 0.2) is 0 Å². The van der Waals surface area contributed by atoms with E-state index in [9.17, 15) is 13.6 Å². The minimum atomic E-state index is -2.90. The Bertz CT molecular complexity index is 935. The van der Waals surface area contributed by atoms with Crippen molar-refractivity contribution in [2.45, 2.75) is 52.1 Å². The van der Waals surface area contributed by atoms with Gasteiger partial charge >= 0.3 is 0 Å². The molecule has 1 spiro atoms. The summed E-state index contributed by atoms with van der Waals surface area (Å²) in [6, 6.07) is 11.3. The molecule has 30 heavy (non-hydrogen) atoms. The maximum absolute atomic E-state index is 14.8. The molecule has 5 nitrogen and oxygen atoms in total. The Morgan fingerprint density at radius 1 is 0.967 bits per heavy atom. The number of amides is 1. The first-order chi connectivity index (χ1) is 14.2. The number of alkyl halides is 2. The monoisotopic (exact) mass is 414 g/mol. The molecule has 160 valence electrons. The lowest BCUT2D eigenvalue weighted by Crippen LogP contribution is -2.60. The van der Waals surface area contributed by atoms with Gasteiger partial charge in [0.25, 0.3) is 5.92 Å². The van der Waals surface area contributed by atoms with E-state index in [1.807, 2.05) is 50.2 Å². The van der Waals surface area contributed by atoms with Crippen molar-refractivity contribution >= 4 is 5.91 Å². The van der Waals surface area contributed by atoms with Crippen LogP contribution in [0.5, 0.6) is 0 Å². The maximum atomic E-state index is 14.8. The lowest BCUT2D eigenvalue weighted by atomic mass is 9.71. The Morgan fingerprint density at radius 3 is 2.23 bits per heavy atom. The van der Waals surface area contributed by atoms with Crippen molar-refractivity contribution in [2.75, 3.05) is 19.6 Å². The molecule has 2 aromatic heterocycles. The van der Waals surface area contributed by atoms with Crippen molar-refractivity contribution in [3.05, 3.63) is 59.2 Å². The summed E-state index contributed by atoms with van der Waals surface area (Å²) in [4.78, 5) is 25.8. The van der Waals surface area contributed by atoms with Crippen LogP contribution in [0.1, 0.15) is 42.0 Å². The summed E-state index contributed by atoms with van der Waals surface area (Å²) < 4.78 is 29.6. The van der Waals surface area contributed by atoms with Gasteiger partial charge in [-0.25, -0.2) is 8.78 Å². The fraction of sp³-hybridized carbons (Fsp3) is 0.522.